The van der Waals surface area contributed by atoms with Crippen LogP contribution in [0, 0.1) is 5.92 Å². The van der Waals surface area contributed by atoms with Crippen molar-refractivity contribution in [2.75, 3.05) is 0 Å². The minimum atomic E-state index is -1.14. The molecule has 2 rings (SSSR count). The van der Waals surface area contributed by atoms with Gasteiger partial charge >= 0.3 is 18.0 Å². The van der Waals surface area contributed by atoms with Crippen molar-refractivity contribution in [3.63, 3.8) is 0 Å². The van der Waals surface area contributed by atoms with Crippen LogP contribution in [-0.2, 0) is 30.2 Å². The van der Waals surface area contributed by atoms with Crippen molar-refractivity contribution in [2.24, 2.45) is 5.92 Å². The van der Waals surface area contributed by atoms with Crippen molar-refractivity contribution >= 4 is 18.0 Å². The van der Waals surface area contributed by atoms with Gasteiger partial charge in [0.1, 0.15) is 40.9 Å². The molecule has 38 heavy (non-hydrogen) atoms. The molecule has 1 amide bonds. The van der Waals surface area contributed by atoms with Gasteiger partial charge < -0.3 is 24.3 Å². The monoisotopic (exact) mass is 536 g/mol. The third-order valence-electron chi connectivity index (χ3n) is 5.39. The summed E-state index contributed by atoms with van der Waals surface area (Å²) in [7, 11) is 0. The van der Waals surface area contributed by atoms with Crippen LogP contribution in [0.1, 0.15) is 87.1 Å². The Morgan fingerprint density at radius 2 is 1.34 bits per heavy atom. The smallest absolute Gasteiger partial charge is 0.408 e. The van der Waals surface area contributed by atoms with Gasteiger partial charge in [0.2, 0.25) is 0 Å². The van der Waals surface area contributed by atoms with Crippen LogP contribution in [0.5, 0.6) is 5.75 Å². The Morgan fingerprint density at radius 3 is 1.82 bits per heavy atom. The zero-order valence-electron chi connectivity index (χ0n) is 24.2. The highest BCUT2D eigenvalue weighted by Crippen LogP contribution is 2.29. The molecule has 1 aromatic rings. The molecule has 1 fully saturated rings. The van der Waals surface area contributed by atoms with Crippen LogP contribution in [0.3, 0.4) is 0 Å². The molecular weight excluding hydrogens is 492 g/mol. The Bertz CT molecular complexity index is 951. The molecule has 1 saturated carbocycles. The molecular formula is C29H44FNO7. The average molecular weight is 537 g/mol. The van der Waals surface area contributed by atoms with Crippen molar-refractivity contribution in [3.05, 3.63) is 29.8 Å². The van der Waals surface area contributed by atoms with Gasteiger partial charge in [0.25, 0.3) is 0 Å². The van der Waals surface area contributed by atoms with Crippen LogP contribution in [0.15, 0.2) is 24.3 Å². The van der Waals surface area contributed by atoms with Gasteiger partial charge in [-0.15, -0.1) is 0 Å². The van der Waals surface area contributed by atoms with Crippen molar-refractivity contribution in [1.82, 2.24) is 5.32 Å². The number of hydrogen-bond donors (Lipinski definition) is 1. The van der Waals surface area contributed by atoms with E-state index < -0.39 is 53.0 Å². The van der Waals surface area contributed by atoms with Gasteiger partial charge in [-0.25, -0.2) is 14.0 Å². The number of alkyl halides is 1. The molecule has 0 saturated heterocycles. The van der Waals surface area contributed by atoms with Crippen molar-refractivity contribution in [3.8, 4) is 5.75 Å². The number of rotatable bonds is 9. The first-order valence-corrected chi connectivity index (χ1v) is 13.1. The number of alkyl carbamates (subject to hydrolysis) is 1. The average Bonchev–Trinajstić information content (AvgIpc) is 2.68. The van der Waals surface area contributed by atoms with Crippen LogP contribution in [0.4, 0.5) is 9.18 Å². The maximum Gasteiger partial charge on any atom is 0.408 e. The van der Waals surface area contributed by atoms with Gasteiger partial charge in [-0.3, -0.25) is 4.79 Å². The summed E-state index contributed by atoms with van der Waals surface area (Å²) >= 11 is 0. The first-order valence-electron chi connectivity index (χ1n) is 13.1. The van der Waals surface area contributed by atoms with Gasteiger partial charge in [-0.2, -0.15) is 0 Å². The lowest BCUT2D eigenvalue weighted by atomic mass is 9.92. The number of carbonyl (C=O) groups excluding carboxylic acids is 3. The first-order chi connectivity index (χ1) is 17.3. The normalized spacial score (nSPS) is 19.4. The molecule has 0 spiro atoms. The summed E-state index contributed by atoms with van der Waals surface area (Å²) in [5.74, 6) is -1.32. The lowest BCUT2D eigenvalue weighted by molar-refractivity contribution is -0.162. The number of amides is 1. The predicted molar refractivity (Wildman–Crippen MR) is 142 cm³/mol. The summed E-state index contributed by atoms with van der Waals surface area (Å²) < 4.78 is 35.4. The van der Waals surface area contributed by atoms with Gasteiger partial charge in [-0.1, -0.05) is 12.1 Å². The molecule has 9 heteroatoms. The maximum atomic E-state index is 13.2. The molecule has 2 unspecified atom stereocenters. The lowest BCUT2D eigenvalue weighted by Crippen LogP contribution is -2.48. The zero-order chi connectivity index (χ0) is 28.9. The third-order valence-corrected chi connectivity index (χ3v) is 5.39. The number of carbonyl (C=O) groups is 3. The molecule has 0 bridgehead atoms. The van der Waals surface area contributed by atoms with E-state index in [0.29, 0.717) is 18.6 Å². The minimum absolute atomic E-state index is 0.0543. The third kappa shape index (κ3) is 11.7. The van der Waals surface area contributed by atoms with Gasteiger partial charge in [0.05, 0.1) is 5.92 Å². The highest BCUT2D eigenvalue weighted by molar-refractivity contribution is 5.83. The molecule has 0 aliphatic heterocycles. The molecule has 8 nitrogen and oxygen atoms in total. The van der Waals surface area contributed by atoms with E-state index in [4.69, 9.17) is 18.9 Å². The molecule has 0 radical (unpaired) electrons. The quantitative estimate of drug-likeness (QED) is 0.320. The van der Waals surface area contributed by atoms with E-state index in [2.05, 4.69) is 5.32 Å². The molecule has 0 heterocycles. The van der Waals surface area contributed by atoms with Crippen LogP contribution < -0.4 is 10.1 Å². The largest absolute Gasteiger partial charge is 0.490 e. The predicted octanol–water partition coefficient (Wildman–Crippen LogP) is 5.69. The van der Waals surface area contributed by atoms with E-state index in [-0.39, 0.29) is 18.9 Å². The van der Waals surface area contributed by atoms with Gasteiger partial charge in [-0.05, 0) is 92.9 Å². The Labute approximate surface area is 225 Å². The van der Waals surface area contributed by atoms with Gasteiger partial charge in [0.15, 0.2) is 0 Å². The molecule has 1 aromatic carbocycles. The topological polar surface area (TPSA) is 100 Å². The Hall–Kier alpha value is -2.84. The molecule has 214 valence electrons. The molecule has 1 N–H and O–H groups in total. The number of nitrogens with one attached hydrogen (secondary N) is 1. The number of halogens is 1. The van der Waals surface area contributed by atoms with Gasteiger partial charge in [0, 0.05) is 12.8 Å². The van der Waals surface area contributed by atoms with Crippen molar-refractivity contribution in [2.45, 2.75) is 123 Å². The standard InChI is InChI=1S/C29H44FNO7/c1-27(2,3)36-24(32)19(14-18-10-12-21(13-11-18)35-22-16-20(30)17-22)15-23(25(33)37-28(4,5)6)31-26(34)38-29(7,8)9/h10-13,19-20,22-23H,14-17H2,1-9H3,(H,31,34)/i30-1. The Morgan fingerprint density at radius 1 is 0.842 bits per heavy atom. The van der Waals surface area contributed by atoms with Crippen LogP contribution in [0.2, 0.25) is 0 Å². The summed E-state index contributed by atoms with van der Waals surface area (Å²) in [5.41, 5.74) is -1.51. The number of ether oxygens (including phenoxy) is 4. The fraction of sp³-hybridized carbons (Fsp3) is 0.690. The fourth-order valence-electron chi connectivity index (χ4n) is 3.75. The van der Waals surface area contributed by atoms with Crippen molar-refractivity contribution < 1.29 is 37.7 Å². The maximum absolute atomic E-state index is 13.2. The zero-order valence-corrected chi connectivity index (χ0v) is 24.2. The van der Waals surface area contributed by atoms with E-state index in [1.165, 1.54) is 0 Å². The SMILES string of the molecule is CC(C)(C)OC(=O)NC(CC(Cc1ccc(OC2CC([18F])C2)cc1)C(=O)OC(C)(C)C)C(=O)OC(C)(C)C. The fourth-order valence-corrected chi connectivity index (χ4v) is 3.75. The van der Waals surface area contributed by atoms with E-state index in [1.54, 1.807) is 74.4 Å². The molecule has 1 aliphatic rings. The van der Waals surface area contributed by atoms with Crippen LogP contribution in [0.25, 0.3) is 0 Å². The second-order valence-corrected chi connectivity index (χ2v) is 12.9. The second-order valence-electron chi connectivity index (χ2n) is 12.9. The highest BCUT2D eigenvalue weighted by atomic mass is 18.2. The van der Waals surface area contributed by atoms with E-state index in [1.807, 2.05) is 12.1 Å². The van der Waals surface area contributed by atoms with E-state index >= 15 is 0 Å². The molecule has 2 atom stereocenters. The molecule has 0 aromatic heterocycles. The lowest BCUT2D eigenvalue weighted by Gasteiger charge is -2.30. The van der Waals surface area contributed by atoms with Crippen LogP contribution >= 0.6 is 0 Å². The Kier molecular flexibility index (Phi) is 10.2. The summed E-state index contributed by atoms with van der Waals surface area (Å²) in [4.78, 5) is 38.9. The summed E-state index contributed by atoms with van der Waals surface area (Å²) in [6.07, 6.45) is -0.746. The second kappa shape index (κ2) is 12.3. The summed E-state index contributed by atoms with van der Waals surface area (Å²) in [6.45, 7) is 15.6. The summed E-state index contributed by atoms with van der Waals surface area (Å²) in [5, 5.41) is 2.58. The number of hydrogen-bond acceptors (Lipinski definition) is 7. The highest BCUT2D eigenvalue weighted by Gasteiger charge is 2.35. The first kappa shape index (κ1) is 31.4. The van der Waals surface area contributed by atoms with Crippen LogP contribution in [-0.4, -0.2) is 53.2 Å². The van der Waals surface area contributed by atoms with Crippen molar-refractivity contribution in [1.29, 1.82) is 0 Å². The number of benzene rings is 1. The Balaban J connectivity index is 2.24. The number of esters is 2. The summed E-state index contributed by atoms with van der Waals surface area (Å²) in [6, 6.07) is 6.05. The van der Waals surface area contributed by atoms with E-state index in [0.717, 1.165) is 5.56 Å². The van der Waals surface area contributed by atoms with E-state index in [9.17, 15) is 18.8 Å². The minimum Gasteiger partial charge on any atom is -0.490 e. The molecule has 1 aliphatic carbocycles.